The summed E-state index contributed by atoms with van der Waals surface area (Å²) in [5.74, 6) is 1.08. The summed E-state index contributed by atoms with van der Waals surface area (Å²) in [6.45, 7) is 5.65. The number of thiophene rings is 1. The van der Waals surface area contributed by atoms with E-state index in [4.69, 9.17) is 4.74 Å². The minimum Gasteiger partial charge on any atom is -0.493 e. The number of sulfonamides is 1. The summed E-state index contributed by atoms with van der Waals surface area (Å²) < 4.78 is 33.5. The maximum Gasteiger partial charge on any atom is 0.252 e. The average Bonchev–Trinajstić information content (AvgIpc) is 3.01. The molecule has 1 aliphatic heterocycles. The third kappa shape index (κ3) is 3.99. The number of hydrogen-bond acceptors (Lipinski definition) is 4. The number of piperidine rings is 1. The standard InChI is InChI=1S/C18H23NO3S2/c1-14-5-3-7-17(11-14)22-13-16-6-4-10-19(12-16)24(20,21)18-9-8-15(2)23-18/h3,5,7-9,11,16H,4,6,10,12-13H2,1-2H3. The zero-order valence-electron chi connectivity index (χ0n) is 14.1. The highest BCUT2D eigenvalue weighted by Crippen LogP contribution is 2.28. The fourth-order valence-electron chi connectivity index (χ4n) is 2.98. The largest absolute Gasteiger partial charge is 0.493 e. The monoisotopic (exact) mass is 365 g/mol. The highest BCUT2D eigenvalue weighted by Gasteiger charge is 2.31. The first-order chi connectivity index (χ1) is 11.4. The van der Waals surface area contributed by atoms with Gasteiger partial charge in [-0.2, -0.15) is 4.31 Å². The molecule has 130 valence electrons. The van der Waals surface area contributed by atoms with Gasteiger partial charge in [0.2, 0.25) is 0 Å². The van der Waals surface area contributed by atoms with E-state index in [0.717, 1.165) is 29.0 Å². The van der Waals surface area contributed by atoms with Gasteiger partial charge in [0.05, 0.1) is 6.61 Å². The molecule has 1 aromatic carbocycles. The third-order valence-corrected chi connectivity index (χ3v) is 7.60. The second kappa shape index (κ2) is 7.25. The van der Waals surface area contributed by atoms with Gasteiger partial charge in [0.1, 0.15) is 9.96 Å². The van der Waals surface area contributed by atoms with Gasteiger partial charge in [-0.25, -0.2) is 8.42 Å². The smallest absolute Gasteiger partial charge is 0.252 e. The van der Waals surface area contributed by atoms with Crippen LogP contribution in [0.1, 0.15) is 23.3 Å². The van der Waals surface area contributed by atoms with Gasteiger partial charge in [0.15, 0.2) is 0 Å². The molecule has 2 aromatic rings. The van der Waals surface area contributed by atoms with Crippen molar-refractivity contribution in [3.63, 3.8) is 0 Å². The lowest BCUT2D eigenvalue weighted by Gasteiger charge is -2.31. The Labute approximate surface area is 148 Å². The summed E-state index contributed by atoms with van der Waals surface area (Å²) in [5, 5.41) is 0. The van der Waals surface area contributed by atoms with Gasteiger partial charge >= 0.3 is 0 Å². The molecule has 0 aliphatic carbocycles. The zero-order valence-corrected chi connectivity index (χ0v) is 15.7. The molecule has 1 aromatic heterocycles. The predicted molar refractivity (Wildman–Crippen MR) is 97.2 cm³/mol. The Kier molecular flexibility index (Phi) is 5.27. The molecule has 0 saturated carbocycles. The van der Waals surface area contributed by atoms with E-state index in [9.17, 15) is 8.42 Å². The molecule has 1 unspecified atom stereocenters. The molecule has 6 heteroatoms. The highest BCUT2D eigenvalue weighted by molar-refractivity contribution is 7.91. The maximum absolute atomic E-state index is 12.8. The normalized spacial score (nSPS) is 19.3. The molecule has 0 amide bonds. The lowest BCUT2D eigenvalue weighted by atomic mass is 10.0. The first-order valence-corrected chi connectivity index (χ1v) is 10.5. The van der Waals surface area contributed by atoms with E-state index in [1.165, 1.54) is 11.3 Å². The minimum absolute atomic E-state index is 0.232. The van der Waals surface area contributed by atoms with Crippen molar-refractivity contribution < 1.29 is 13.2 Å². The quantitative estimate of drug-likeness (QED) is 0.809. The number of hydrogen-bond donors (Lipinski definition) is 0. The van der Waals surface area contributed by atoms with Crippen LogP contribution in [0.25, 0.3) is 0 Å². The number of ether oxygens (including phenoxy) is 1. The Balaban J connectivity index is 1.64. The van der Waals surface area contributed by atoms with Gasteiger partial charge in [-0.15, -0.1) is 11.3 Å². The van der Waals surface area contributed by atoms with Crippen LogP contribution in [0.2, 0.25) is 0 Å². The number of benzene rings is 1. The molecule has 0 bridgehead atoms. The first kappa shape index (κ1) is 17.5. The summed E-state index contributed by atoms with van der Waals surface area (Å²) in [6.07, 6.45) is 1.88. The van der Waals surface area contributed by atoms with E-state index in [1.54, 1.807) is 10.4 Å². The van der Waals surface area contributed by atoms with Crippen LogP contribution in [-0.4, -0.2) is 32.4 Å². The van der Waals surface area contributed by atoms with Gasteiger partial charge in [0.25, 0.3) is 10.0 Å². The fraction of sp³-hybridized carbons (Fsp3) is 0.444. The highest BCUT2D eigenvalue weighted by atomic mass is 32.2. The molecule has 1 atom stereocenters. The van der Waals surface area contributed by atoms with Crippen LogP contribution in [0.15, 0.2) is 40.6 Å². The van der Waals surface area contributed by atoms with Crippen molar-refractivity contribution in [3.05, 3.63) is 46.8 Å². The van der Waals surface area contributed by atoms with E-state index >= 15 is 0 Å². The SMILES string of the molecule is Cc1cccc(OCC2CCCN(S(=O)(=O)c3ccc(C)s3)C2)c1. The lowest BCUT2D eigenvalue weighted by molar-refractivity contribution is 0.180. The Morgan fingerprint density at radius 2 is 2.08 bits per heavy atom. The van der Waals surface area contributed by atoms with E-state index in [2.05, 4.69) is 0 Å². The van der Waals surface area contributed by atoms with Gasteiger partial charge < -0.3 is 4.74 Å². The number of aryl methyl sites for hydroxylation is 2. The van der Waals surface area contributed by atoms with E-state index in [-0.39, 0.29) is 5.92 Å². The second-order valence-electron chi connectivity index (χ2n) is 6.36. The van der Waals surface area contributed by atoms with Crippen LogP contribution in [0.5, 0.6) is 5.75 Å². The Morgan fingerprint density at radius 1 is 1.25 bits per heavy atom. The third-order valence-electron chi connectivity index (χ3n) is 4.27. The topological polar surface area (TPSA) is 46.6 Å². The molecule has 1 saturated heterocycles. The molecule has 0 N–H and O–H groups in total. The molecule has 1 aliphatic rings. The zero-order chi connectivity index (χ0) is 17.2. The van der Waals surface area contributed by atoms with Crippen molar-refractivity contribution in [1.29, 1.82) is 0 Å². The van der Waals surface area contributed by atoms with Gasteiger partial charge in [-0.3, -0.25) is 0 Å². The van der Waals surface area contributed by atoms with Crippen LogP contribution in [0.3, 0.4) is 0 Å². The molecule has 1 fully saturated rings. The van der Waals surface area contributed by atoms with Gasteiger partial charge in [-0.1, -0.05) is 12.1 Å². The fourth-order valence-corrected chi connectivity index (χ4v) is 5.97. The second-order valence-corrected chi connectivity index (χ2v) is 9.82. The Hall–Kier alpha value is -1.37. The molecular weight excluding hydrogens is 342 g/mol. The van der Waals surface area contributed by atoms with Crippen LogP contribution in [0, 0.1) is 19.8 Å². The van der Waals surface area contributed by atoms with Crippen molar-refractivity contribution in [1.82, 2.24) is 4.31 Å². The summed E-state index contributed by atoms with van der Waals surface area (Å²) >= 11 is 1.34. The molecular formula is C18H23NO3S2. The summed E-state index contributed by atoms with van der Waals surface area (Å²) in [4.78, 5) is 1.02. The molecule has 0 radical (unpaired) electrons. The van der Waals surface area contributed by atoms with Crippen molar-refractivity contribution in [2.24, 2.45) is 5.92 Å². The molecule has 0 spiro atoms. The average molecular weight is 366 g/mol. The van der Waals surface area contributed by atoms with E-state index < -0.39 is 10.0 Å². The van der Waals surface area contributed by atoms with Crippen LogP contribution >= 0.6 is 11.3 Å². The lowest BCUT2D eigenvalue weighted by Crippen LogP contribution is -2.41. The summed E-state index contributed by atoms with van der Waals surface area (Å²) in [7, 11) is -3.37. The molecule has 2 heterocycles. The molecule has 3 rings (SSSR count). The van der Waals surface area contributed by atoms with Crippen LogP contribution in [0.4, 0.5) is 0 Å². The van der Waals surface area contributed by atoms with Crippen molar-refractivity contribution in [2.45, 2.75) is 30.9 Å². The molecule has 4 nitrogen and oxygen atoms in total. The van der Waals surface area contributed by atoms with Crippen LogP contribution < -0.4 is 4.74 Å². The number of rotatable bonds is 5. The van der Waals surface area contributed by atoms with Crippen molar-refractivity contribution in [2.75, 3.05) is 19.7 Å². The van der Waals surface area contributed by atoms with Crippen LogP contribution in [-0.2, 0) is 10.0 Å². The number of nitrogens with zero attached hydrogens (tertiary/aromatic N) is 1. The van der Waals surface area contributed by atoms with Crippen molar-refractivity contribution >= 4 is 21.4 Å². The first-order valence-electron chi connectivity index (χ1n) is 8.21. The van der Waals surface area contributed by atoms with E-state index in [1.807, 2.05) is 44.2 Å². The summed E-state index contributed by atoms with van der Waals surface area (Å²) in [5.41, 5.74) is 1.16. The Bertz CT molecular complexity index is 798. The molecule has 24 heavy (non-hydrogen) atoms. The maximum atomic E-state index is 12.8. The van der Waals surface area contributed by atoms with Gasteiger partial charge in [0, 0.05) is 23.9 Å². The Morgan fingerprint density at radius 3 is 2.79 bits per heavy atom. The minimum atomic E-state index is -3.37. The van der Waals surface area contributed by atoms with Gasteiger partial charge in [-0.05, 0) is 56.5 Å². The summed E-state index contributed by atoms with van der Waals surface area (Å²) in [6, 6.07) is 11.5. The predicted octanol–water partition coefficient (Wildman–Crippen LogP) is 3.84. The van der Waals surface area contributed by atoms with E-state index in [0.29, 0.717) is 23.9 Å². The van der Waals surface area contributed by atoms with Crippen molar-refractivity contribution in [3.8, 4) is 5.75 Å².